The minimum Gasteiger partial charge on any atom is -0.748 e. The summed E-state index contributed by atoms with van der Waals surface area (Å²) in [6, 6.07) is 0. The Kier molecular flexibility index (Phi) is 4.46. The maximum atomic E-state index is 9.94. The zero-order chi connectivity index (χ0) is 8.91. The van der Waals surface area contributed by atoms with Gasteiger partial charge in [-0.3, -0.25) is 0 Å². The first-order chi connectivity index (χ1) is 4.92. The molecule has 5 nitrogen and oxygen atoms in total. The zero-order valence-corrected chi connectivity index (χ0v) is 7.11. The van der Waals surface area contributed by atoms with E-state index < -0.39 is 21.8 Å². The van der Waals surface area contributed by atoms with Gasteiger partial charge >= 0.3 is 0 Å². The van der Waals surface area contributed by atoms with Gasteiger partial charge in [-0.1, -0.05) is 0 Å². The lowest BCUT2D eigenvalue weighted by Gasteiger charge is -2.05. The van der Waals surface area contributed by atoms with Crippen LogP contribution >= 0.6 is 11.8 Å². The van der Waals surface area contributed by atoms with E-state index in [2.05, 4.69) is 0 Å². The van der Waals surface area contributed by atoms with Gasteiger partial charge in [-0.15, -0.1) is 0 Å². The van der Waals surface area contributed by atoms with Crippen LogP contribution in [0.5, 0.6) is 0 Å². The van der Waals surface area contributed by atoms with Crippen LogP contribution in [0.15, 0.2) is 0 Å². The quantitative estimate of drug-likeness (QED) is 0.375. The van der Waals surface area contributed by atoms with Crippen molar-refractivity contribution in [1.82, 2.24) is 0 Å². The van der Waals surface area contributed by atoms with Crippen LogP contribution < -0.4 is 5.11 Å². The number of hydrogen-bond donors (Lipinski definition) is 0. The van der Waals surface area contributed by atoms with Crippen molar-refractivity contribution in [2.45, 2.75) is 0 Å². The molecule has 0 unspecified atom stereocenters. The van der Waals surface area contributed by atoms with Gasteiger partial charge in [0, 0.05) is 17.3 Å². The Labute approximate surface area is 68.5 Å². The smallest absolute Gasteiger partial charge is 0.0954 e. The second-order valence-corrected chi connectivity index (χ2v) is 4.32. The van der Waals surface area contributed by atoms with E-state index in [0.717, 1.165) is 11.8 Å². The van der Waals surface area contributed by atoms with Crippen molar-refractivity contribution in [2.24, 2.45) is 0 Å². The monoisotopic (exact) mass is 198 g/mol. The molecule has 0 saturated heterocycles. The Balaban J connectivity index is 3.37. The first-order valence-electron chi connectivity index (χ1n) is 2.63. The molecule has 0 aromatic rings. The number of hydrogen-bond acceptors (Lipinski definition) is 6. The van der Waals surface area contributed by atoms with Crippen molar-refractivity contribution < 1.29 is 22.9 Å². The predicted octanol–water partition coefficient (Wildman–Crippen LogP) is -1.99. The molecule has 66 valence electrons. The Morgan fingerprint density at radius 3 is 2.36 bits per heavy atom. The van der Waals surface area contributed by atoms with Gasteiger partial charge in [-0.05, 0) is 0 Å². The van der Waals surface area contributed by atoms with Crippen LogP contribution in [-0.4, -0.2) is 36.2 Å². The molecular weight excluding hydrogens is 192 g/mol. The van der Waals surface area contributed by atoms with Crippen LogP contribution in [0.4, 0.5) is 0 Å². The summed E-state index contributed by atoms with van der Waals surface area (Å²) in [5.74, 6) is -2.08. The molecule has 0 saturated carbocycles. The van der Waals surface area contributed by atoms with E-state index >= 15 is 0 Å². The lowest BCUT2D eigenvalue weighted by atomic mass is 10.8. The predicted molar refractivity (Wildman–Crippen MR) is 36.9 cm³/mol. The Hall–Kier alpha value is -0.270. The SMILES string of the molecule is O=C([O-])CSCCS(=O)(=O)[O-]. The Morgan fingerprint density at radius 2 is 2.00 bits per heavy atom. The minimum atomic E-state index is -4.21. The number of thioether (sulfide) groups is 1. The fourth-order valence-electron chi connectivity index (χ4n) is 0.316. The van der Waals surface area contributed by atoms with Gasteiger partial charge < -0.3 is 14.5 Å². The number of aliphatic carboxylic acids is 1. The number of carboxylic acids is 1. The maximum Gasteiger partial charge on any atom is 0.0954 e. The topological polar surface area (TPSA) is 97.3 Å². The van der Waals surface area contributed by atoms with Crippen molar-refractivity contribution in [3.05, 3.63) is 0 Å². The number of carboxylic acid groups (broad SMARTS) is 1. The second kappa shape index (κ2) is 4.58. The summed E-state index contributed by atoms with van der Waals surface area (Å²) in [6.07, 6.45) is 0. The molecular formula is C4H6O5S2-2. The molecule has 0 N–H and O–H groups in total. The van der Waals surface area contributed by atoms with Gasteiger partial charge in [0.2, 0.25) is 0 Å². The van der Waals surface area contributed by atoms with Gasteiger partial charge in [0.05, 0.1) is 16.1 Å². The van der Waals surface area contributed by atoms with Crippen LogP contribution in [0.1, 0.15) is 0 Å². The molecule has 0 aliphatic heterocycles. The summed E-state index contributed by atoms with van der Waals surface area (Å²) in [5, 5.41) is 9.76. The highest BCUT2D eigenvalue weighted by Crippen LogP contribution is 1.99. The molecule has 0 aliphatic rings. The van der Waals surface area contributed by atoms with Crippen LogP contribution in [0.2, 0.25) is 0 Å². The van der Waals surface area contributed by atoms with E-state index in [1.165, 1.54) is 0 Å². The molecule has 0 rings (SSSR count). The van der Waals surface area contributed by atoms with Gasteiger partial charge in [-0.2, -0.15) is 11.8 Å². The molecule has 0 aromatic carbocycles. The normalized spacial score (nSPS) is 11.4. The molecule has 0 amide bonds. The standard InChI is InChI=1S/C4H8O5S2/c5-4(6)3-10-1-2-11(7,8)9/h1-3H2,(H,5,6)(H,7,8,9)/p-2. The fraction of sp³-hybridized carbons (Fsp3) is 0.750. The van der Waals surface area contributed by atoms with Crippen molar-refractivity contribution >= 4 is 27.8 Å². The highest BCUT2D eigenvalue weighted by atomic mass is 32.2. The Bertz CT molecular complexity index is 219. The lowest BCUT2D eigenvalue weighted by molar-refractivity contribution is -0.301. The summed E-state index contributed by atoms with van der Waals surface area (Å²) in [6.45, 7) is 0. The largest absolute Gasteiger partial charge is 0.748 e. The maximum absolute atomic E-state index is 9.94. The lowest BCUT2D eigenvalue weighted by Crippen LogP contribution is -2.24. The summed E-state index contributed by atoms with van der Waals surface area (Å²) in [7, 11) is -4.21. The molecule has 0 aromatic heterocycles. The van der Waals surface area contributed by atoms with Crippen LogP contribution in [0.3, 0.4) is 0 Å². The highest BCUT2D eigenvalue weighted by Gasteiger charge is 1.94. The van der Waals surface area contributed by atoms with Gasteiger partial charge in [-0.25, -0.2) is 8.42 Å². The molecule has 0 spiro atoms. The minimum absolute atomic E-state index is 0.000185. The molecule has 0 fully saturated rings. The molecule has 0 heterocycles. The second-order valence-electron chi connectivity index (χ2n) is 1.69. The first-order valence-corrected chi connectivity index (χ1v) is 5.36. The average molecular weight is 198 g/mol. The number of carbonyl (C=O) groups excluding carboxylic acids is 1. The summed E-state index contributed by atoms with van der Waals surface area (Å²) < 4.78 is 29.8. The average Bonchev–Trinajstić information content (AvgIpc) is 1.78. The summed E-state index contributed by atoms with van der Waals surface area (Å²) in [5.41, 5.74) is 0. The Morgan fingerprint density at radius 1 is 1.45 bits per heavy atom. The third-order valence-electron chi connectivity index (χ3n) is 0.698. The van der Waals surface area contributed by atoms with E-state index in [-0.39, 0.29) is 11.5 Å². The van der Waals surface area contributed by atoms with Crippen molar-refractivity contribution in [2.75, 3.05) is 17.3 Å². The molecule has 11 heavy (non-hydrogen) atoms. The van der Waals surface area contributed by atoms with Crippen LogP contribution in [0, 0.1) is 0 Å². The van der Waals surface area contributed by atoms with Gasteiger partial charge in [0.15, 0.2) is 0 Å². The van der Waals surface area contributed by atoms with E-state index in [4.69, 9.17) is 0 Å². The van der Waals surface area contributed by atoms with Crippen LogP contribution in [0.25, 0.3) is 0 Å². The summed E-state index contributed by atoms with van der Waals surface area (Å²) >= 11 is 0.847. The molecule has 0 aliphatic carbocycles. The third-order valence-corrected chi connectivity index (χ3v) is 2.59. The van der Waals surface area contributed by atoms with Gasteiger partial charge in [0.25, 0.3) is 0 Å². The molecule has 7 heteroatoms. The van der Waals surface area contributed by atoms with E-state index in [9.17, 15) is 22.9 Å². The van der Waals surface area contributed by atoms with E-state index in [1.807, 2.05) is 0 Å². The van der Waals surface area contributed by atoms with Crippen LogP contribution in [-0.2, 0) is 14.9 Å². The fourth-order valence-corrected chi connectivity index (χ4v) is 1.92. The molecule has 0 atom stereocenters. The zero-order valence-electron chi connectivity index (χ0n) is 5.48. The van der Waals surface area contributed by atoms with E-state index in [1.54, 1.807) is 0 Å². The van der Waals surface area contributed by atoms with E-state index in [0.29, 0.717) is 0 Å². The number of carbonyl (C=O) groups is 1. The molecule has 0 bridgehead atoms. The first kappa shape index (κ1) is 10.7. The van der Waals surface area contributed by atoms with Crippen molar-refractivity contribution in [1.29, 1.82) is 0 Å². The molecule has 0 radical (unpaired) electrons. The number of rotatable bonds is 5. The van der Waals surface area contributed by atoms with Crippen molar-refractivity contribution in [3.8, 4) is 0 Å². The third kappa shape index (κ3) is 9.73. The van der Waals surface area contributed by atoms with Gasteiger partial charge in [0.1, 0.15) is 0 Å². The van der Waals surface area contributed by atoms with Crippen molar-refractivity contribution in [3.63, 3.8) is 0 Å². The highest BCUT2D eigenvalue weighted by molar-refractivity contribution is 8.00. The summed E-state index contributed by atoms with van der Waals surface area (Å²) in [4.78, 5) is 9.76.